The SMILES string of the molecule is CCCOc1ccccc1C1(O)CCC(C)CC1. The van der Waals surface area contributed by atoms with Gasteiger partial charge in [0.2, 0.25) is 0 Å². The lowest BCUT2D eigenvalue weighted by atomic mass is 9.75. The van der Waals surface area contributed by atoms with Crippen LogP contribution in [0.4, 0.5) is 0 Å². The van der Waals surface area contributed by atoms with E-state index in [1.165, 1.54) is 0 Å². The number of hydrogen-bond acceptors (Lipinski definition) is 2. The maximum absolute atomic E-state index is 10.9. The van der Waals surface area contributed by atoms with Crippen LogP contribution in [0.2, 0.25) is 0 Å². The second-order valence-electron chi connectivity index (χ2n) is 5.56. The lowest BCUT2D eigenvalue weighted by molar-refractivity contribution is -0.0142. The minimum absolute atomic E-state index is 0.684. The van der Waals surface area contributed by atoms with Crippen molar-refractivity contribution in [3.05, 3.63) is 29.8 Å². The quantitative estimate of drug-likeness (QED) is 0.876. The van der Waals surface area contributed by atoms with E-state index in [9.17, 15) is 5.11 Å². The van der Waals surface area contributed by atoms with Gasteiger partial charge in [0.25, 0.3) is 0 Å². The molecule has 1 aliphatic rings. The maximum atomic E-state index is 10.9. The molecule has 1 saturated carbocycles. The van der Waals surface area contributed by atoms with Crippen LogP contribution in [0.5, 0.6) is 5.75 Å². The molecule has 2 heteroatoms. The van der Waals surface area contributed by atoms with Gasteiger partial charge in [-0.25, -0.2) is 0 Å². The van der Waals surface area contributed by atoms with E-state index in [2.05, 4.69) is 13.8 Å². The Morgan fingerprint density at radius 2 is 1.94 bits per heavy atom. The topological polar surface area (TPSA) is 29.5 Å². The lowest BCUT2D eigenvalue weighted by Gasteiger charge is -2.36. The first kappa shape index (κ1) is 13.4. The normalized spacial score (nSPS) is 28.1. The van der Waals surface area contributed by atoms with Crippen molar-refractivity contribution in [2.75, 3.05) is 6.61 Å². The van der Waals surface area contributed by atoms with E-state index in [4.69, 9.17) is 4.74 Å². The van der Waals surface area contributed by atoms with Crippen molar-refractivity contribution in [3.63, 3.8) is 0 Å². The molecule has 0 aromatic heterocycles. The molecule has 1 aromatic carbocycles. The largest absolute Gasteiger partial charge is 0.493 e. The van der Waals surface area contributed by atoms with Crippen LogP contribution >= 0.6 is 0 Å². The first-order valence-electron chi connectivity index (χ1n) is 7.10. The molecule has 0 unspecified atom stereocenters. The van der Waals surface area contributed by atoms with E-state index in [1.807, 2.05) is 24.3 Å². The lowest BCUT2D eigenvalue weighted by Crippen LogP contribution is -2.31. The zero-order valence-electron chi connectivity index (χ0n) is 11.5. The van der Waals surface area contributed by atoms with Crippen LogP contribution in [0, 0.1) is 5.92 Å². The van der Waals surface area contributed by atoms with Crippen molar-refractivity contribution in [1.82, 2.24) is 0 Å². The molecular weight excluding hydrogens is 224 g/mol. The summed E-state index contributed by atoms with van der Waals surface area (Å²) in [6.45, 7) is 5.07. The van der Waals surface area contributed by atoms with Gasteiger partial charge in [0.05, 0.1) is 12.2 Å². The second kappa shape index (κ2) is 5.75. The summed E-state index contributed by atoms with van der Waals surface area (Å²) in [4.78, 5) is 0. The molecule has 1 fully saturated rings. The van der Waals surface area contributed by atoms with Crippen molar-refractivity contribution in [1.29, 1.82) is 0 Å². The van der Waals surface area contributed by atoms with Gasteiger partial charge in [0.1, 0.15) is 5.75 Å². The highest BCUT2D eigenvalue weighted by molar-refractivity contribution is 5.38. The Morgan fingerprint density at radius 3 is 2.61 bits per heavy atom. The summed E-state index contributed by atoms with van der Waals surface area (Å²) in [6.07, 6.45) is 4.88. The Labute approximate surface area is 110 Å². The fourth-order valence-corrected chi connectivity index (χ4v) is 2.70. The summed E-state index contributed by atoms with van der Waals surface area (Å²) < 4.78 is 5.77. The van der Waals surface area contributed by atoms with Gasteiger partial charge >= 0.3 is 0 Å². The van der Waals surface area contributed by atoms with Crippen LogP contribution in [0.25, 0.3) is 0 Å². The van der Waals surface area contributed by atoms with Crippen molar-refractivity contribution >= 4 is 0 Å². The van der Waals surface area contributed by atoms with E-state index >= 15 is 0 Å². The van der Waals surface area contributed by atoms with Gasteiger partial charge in [-0.15, -0.1) is 0 Å². The maximum Gasteiger partial charge on any atom is 0.125 e. The number of hydrogen-bond donors (Lipinski definition) is 1. The van der Waals surface area contributed by atoms with E-state index in [-0.39, 0.29) is 0 Å². The van der Waals surface area contributed by atoms with Crippen molar-refractivity contribution in [2.24, 2.45) is 5.92 Å². The first-order chi connectivity index (χ1) is 8.65. The molecule has 100 valence electrons. The molecule has 18 heavy (non-hydrogen) atoms. The fourth-order valence-electron chi connectivity index (χ4n) is 2.70. The monoisotopic (exact) mass is 248 g/mol. The highest BCUT2D eigenvalue weighted by Crippen LogP contribution is 2.42. The Morgan fingerprint density at radius 1 is 1.28 bits per heavy atom. The van der Waals surface area contributed by atoms with Crippen LogP contribution in [0.15, 0.2) is 24.3 Å². The van der Waals surface area contributed by atoms with Crippen LogP contribution in [-0.4, -0.2) is 11.7 Å². The molecule has 1 aromatic rings. The molecule has 0 heterocycles. The van der Waals surface area contributed by atoms with E-state index in [0.717, 1.165) is 49.3 Å². The minimum Gasteiger partial charge on any atom is -0.493 e. The molecule has 0 bridgehead atoms. The van der Waals surface area contributed by atoms with Gasteiger partial charge in [0.15, 0.2) is 0 Å². The molecule has 2 rings (SSSR count). The smallest absolute Gasteiger partial charge is 0.125 e. The Bertz CT molecular complexity index is 378. The number of benzene rings is 1. The Balaban J connectivity index is 2.20. The number of para-hydroxylation sites is 1. The zero-order chi connectivity index (χ0) is 13.0. The predicted octanol–water partition coefficient (Wildman–Crippen LogP) is 3.87. The van der Waals surface area contributed by atoms with Gasteiger partial charge in [-0.2, -0.15) is 0 Å². The molecular formula is C16H24O2. The molecule has 0 atom stereocenters. The average Bonchev–Trinajstić information content (AvgIpc) is 2.40. The first-order valence-corrected chi connectivity index (χ1v) is 7.10. The van der Waals surface area contributed by atoms with Crippen molar-refractivity contribution in [3.8, 4) is 5.75 Å². The van der Waals surface area contributed by atoms with E-state index in [0.29, 0.717) is 6.61 Å². The fraction of sp³-hybridized carbons (Fsp3) is 0.625. The number of rotatable bonds is 4. The van der Waals surface area contributed by atoms with E-state index < -0.39 is 5.60 Å². The average molecular weight is 248 g/mol. The number of ether oxygens (including phenoxy) is 1. The molecule has 1 aliphatic carbocycles. The van der Waals surface area contributed by atoms with Gasteiger partial charge in [-0.1, -0.05) is 32.0 Å². The molecule has 0 spiro atoms. The summed E-state index contributed by atoms with van der Waals surface area (Å²) in [6, 6.07) is 7.95. The Kier molecular flexibility index (Phi) is 4.28. The summed E-state index contributed by atoms with van der Waals surface area (Å²) >= 11 is 0. The summed E-state index contributed by atoms with van der Waals surface area (Å²) in [5, 5.41) is 10.9. The third kappa shape index (κ3) is 2.86. The molecule has 0 radical (unpaired) electrons. The predicted molar refractivity (Wildman–Crippen MR) is 73.8 cm³/mol. The van der Waals surface area contributed by atoms with Gasteiger partial charge in [0, 0.05) is 5.56 Å². The second-order valence-corrected chi connectivity index (χ2v) is 5.56. The summed E-state index contributed by atoms with van der Waals surface area (Å²) in [7, 11) is 0. The molecule has 0 amide bonds. The minimum atomic E-state index is -0.684. The highest BCUT2D eigenvalue weighted by atomic mass is 16.5. The standard InChI is InChI=1S/C16H24O2/c1-3-12-18-15-7-5-4-6-14(15)16(17)10-8-13(2)9-11-16/h4-7,13,17H,3,8-12H2,1-2H3. The van der Waals surface area contributed by atoms with Gasteiger partial charge < -0.3 is 9.84 Å². The molecule has 1 N–H and O–H groups in total. The van der Waals surface area contributed by atoms with Crippen LogP contribution < -0.4 is 4.74 Å². The van der Waals surface area contributed by atoms with Gasteiger partial charge in [-0.3, -0.25) is 0 Å². The Hall–Kier alpha value is -1.02. The van der Waals surface area contributed by atoms with Gasteiger partial charge in [-0.05, 0) is 44.1 Å². The van der Waals surface area contributed by atoms with E-state index in [1.54, 1.807) is 0 Å². The van der Waals surface area contributed by atoms with Crippen molar-refractivity contribution < 1.29 is 9.84 Å². The zero-order valence-corrected chi connectivity index (χ0v) is 11.5. The summed E-state index contributed by atoms with van der Waals surface area (Å²) in [5.74, 6) is 1.59. The molecule has 2 nitrogen and oxygen atoms in total. The van der Waals surface area contributed by atoms with Crippen LogP contribution in [0.1, 0.15) is 51.5 Å². The van der Waals surface area contributed by atoms with Crippen LogP contribution in [0.3, 0.4) is 0 Å². The summed E-state index contributed by atoms with van der Waals surface area (Å²) in [5.41, 5.74) is 0.293. The highest BCUT2D eigenvalue weighted by Gasteiger charge is 2.35. The third-order valence-corrected chi connectivity index (χ3v) is 3.95. The molecule has 0 aliphatic heterocycles. The molecule has 0 saturated heterocycles. The third-order valence-electron chi connectivity index (χ3n) is 3.95. The van der Waals surface area contributed by atoms with Crippen LogP contribution in [-0.2, 0) is 5.60 Å². The number of aliphatic hydroxyl groups is 1. The van der Waals surface area contributed by atoms with Crippen molar-refractivity contribution in [2.45, 2.75) is 51.6 Å².